The number of hydrogen-bond donors (Lipinski definition) is 0. The van der Waals surface area contributed by atoms with Crippen LogP contribution in [-0.2, 0) is 16.6 Å². The summed E-state index contributed by atoms with van der Waals surface area (Å²) in [6.45, 7) is -0.224. The maximum Gasteiger partial charge on any atom is 0.420 e. The van der Waals surface area contributed by atoms with Gasteiger partial charge >= 0.3 is 5.76 Å². The quantitative estimate of drug-likeness (QED) is 0.595. The number of ketones is 1. The van der Waals surface area contributed by atoms with Crippen molar-refractivity contribution < 1.29 is 22.4 Å². The van der Waals surface area contributed by atoms with Crippen LogP contribution in [-0.4, -0.2) is 44.3 Å². The maximum absolute atomic E-state index is 12.5. The van der Waals surface area contributed by atoms with E-state index in [0.29, 0.717) is 16.8 Å². The molecule has 0 spiro atoms. The number of nitrogens with zero attached hydrogens (tertiary/aromatic N) is 2. The Hall–Kier alpha value is -2.91. The average Bonchev–Trinajstić information content (AvgIpc) is 2.96. The van der Waals surface area contributed by atoms with Crippen molar-refractivity contribution in [3.63, 3.8) is 0 Å². The first-order valence-corrected chi connectivity index (χ1v) is 9.41. The molecule has 1 heterocycles. The molecule has 0 unspecified atom stereocenters. The maximum atomic E-state index is 12.5. The van der Waals surface area contributed by atoms with Gasteiger partial charge in [-0.1, -0.05) is 0 Å². The molecule has 3 rings (SSSR count). The Morgan fingerprint density at radius 1 is 1.15 bits per heavy atom. The third-order valence-corrected chi connectivity index (χ3v) is 5.94. The highest BCUT2D eigenvalue weighted by Gasteiger charge is 2.20. The van der Waals surface area contributed by atoms with E-state index in [1.165, 1.54) is 44.0 Å². The third kappa shape index (κ3) is 3.51. The third-order valence-electron chi connectivity index (χ3n) is 4.13. The molecule has 1 aromatic heterocycles. The predicted molar refractivity (Wildman–Crippen MR) is 98.7 cm³/mol. The van der Waals surface area contributed by atoms with Crippen molar-refractivity contribution in [3.05, 3.63) is 58.6 Å². The van der Waals surface area contributed by atoms with Crippen LogP contribution in [0.15, 0.2) is 56.6 Å². The second kappa shape index (κ2) is 7.01. The summed E-state index contributed by atoms with van der Waals surface area (Å²) < 4.78 is 36.9. The summed E-state index contributed by atoms with van der Waals surface area (Å²) in [4.78, 5) is 24.6. The molecule has 142 valence electrons. The van der Waals surface area contributed by atoms with E-state index in [2.05, 4.69) is 0 Å². The van der Waals surface area contributed by atoms with Crippen molar-refractivity contribution in [2.45, 2.75) is 11.4 Å². The second-order valence-electron chi connectivity index (χ2n) is 6.02. The van der Waals surface area contributed by atoms with Crippen LogP contribution in [0.4, 0.5) is 0 Å². The number of oxazole rings is 1. The number of aromatic nitrogens is 1. The van der Waals surface area contributed by atoms with Gasteiger partial charge in [0.2, 0.25) is 10.0 Å². The van der Waals surface area contributed by atoms with Gasteiger partial charge in [-0.15, -0.1) is 0 Å². The fraction of sp³-hybridized carbons (Fsp3) is 0.222. The summed E-state index contributed by atoms with van der Waals surface area (Å²) in [5.41, 5.74) is 0.869. The lowest BCUT2D eigenvalue weighted by molar-refractivity contribution is 0.0970. The summed E-state index contributed by atoms with van der Waals surface area (Å²) in [7, 11) is 0.687. The molecule has 0 atom stereocenters. The lowest BCUT2D eigenvalue weighted by Crippen LogP contribution is -2.22. The van der Waals surface area contributed by atoms with Gasteiger partial charge in [-0.3, -0.25) is 9.36 Å². The van der Waals surface area contributed by atoms with Crippen LogP contribution < -0.4 is 10.5 Å². The van der Waals surface area contributed by atoms with Gasteiger partial charge in [0.15, 0.2) is 11.4 Å². The number of fused-ring (bicyclic) bond motifs is 1. The first kappa shape index (κ1) is 18.9. The largest absolute Gasteiger partial charge is 0.497 e. The van der Waals surface area contributed by atoms with Crippen LogP contribution >= 0.6 is 0 Å². The van der Waals surface area contributed by atoms with Crippen molar-refractivity contribution in [1.29, 1.82) is 0 Å². The number of carbonyl (C=O) groups excluding carboxylic acids is 1. The molecule has 3 aromatic rings. The van der Waals surface area contributed by atoms with Gasteiger partial charge in [0, 0.05) is 25.7 Å². The zero-order chi connectivity index (χ0) is 19.8. The minimum Gasteiger partial charge on any atom is -0.497 e. The number of hydrogen-bond acceptors (Lipinski definition) is 6. The molecule has 0 radical (unpaired) electrons. The number of Topliss-reactive ketones (excluding diaryl/α,β-unsaturated/α-hetero) is 1. The highest BCUT2D eigenvalue weighted by Crippen LogP contribution is 2.21. The van der Waals surface area contributed by atoms with E-state index < -0.39 is 15.8 Å². The molecule has 27 heavy (non-hydrogen) atoms. The molecule has 2 aromatic carbocycles. The number of ether oxygens (including phenoxy) is 1. The monoisotopic (exact) mass is 390 g/mol. The smallest absolute Gasteiger partial charge is 0.420 e. The van der Waals surface area contributed by atoms with Crippen LogP contribution in [0.5, 0.6) is 5.75 Å². The predicted octanol–water partition coefficient (Wildman–Crippen LogP) is 1.74. The Morgan fingerprint density at radius 3 is 2.41 bits per heavy atom. The van der Waals surface area contributed by atoms with E-state index in [4.69, 9.17) is 9.15 Å². The molecule has 0 amide bonds. The molecule has 0 N–H and O–H groups in total. The Bertz CT molecular complexity index is 1160. The Morgan fingerprint density at radius 2 is 1.81 bits per heavy atom. The zero-order valence-corrected chi connectivity index (χ0v) is 15.8. The van der Waals surface area contributed by atoms with Crippen LogP contribution in [0.2, 0.25) is 0 Å². The van der Waals surface area contributed by atoms with Gasteiger partial charge in [0.1, 0.15) is 5.75 Å². The Kier molecular flexibility index (Phi) is 4.90. The molecule has 0 bridgehead atoms. The molecule has 0 fully saturated rings. The van der Waals surface area contributed by atoms with Crippen molar-refractivity contribution >= 4 is 26.9 Å². The zero-order valence-electron chi connectivity index (χ0n) is 15.0. The van der Waals surface area contributed by atoms with Crippen molar-refractivity contribution in [2.24, 2.45) is 0 Å². The van der Waals surface area contributed by atoms with Crippen LogP contribution in [0.3, 0.4) is 0 Å². The molecule has 0 saturated heterocycles. The summed E-state index contributed by atoms with van der Waals surface area (Å²) in [5, 5.41) is 0. The van der Waals surface area contributed by atoms with E-state index in [-0.39, 0.29) is 22.8 Å². The van der Waals surface area contributed by atoms with Gasteiger partial charge in [-0.25, -0.2) is 17.5 Å². The van der Waals surface area contributed by atoms with Gasteiger partial charge < -0.3 is 9.15 Å². The van der Waals surface area contributed by atoms with E-state index in [0.717, 1.165) is 4.31 Å². The lowest BCUT2D eigenvalue weighted by atomic mass is 10.1. The Labute approximate surface area is 155 Å². The fourth-order valence-corrected chi connectivity index (χ4v) is 3.50. The second-order valence-corrected chi connectivity index (χ2v) is 8.17. The molecule has 0 saturated carbocycles. The number of carbonyl (C=O) groups is 1. The minimum atomic E-state index is -3.66. The molecular formula is C18H18N2O6S. The summed E-state index contributed by atoms with van der Waals surface area (Å²) in [6.07, 6.45) is 0. The van der Waals surface area contributed by atoms with E-state index >= 15 is 0 Å². The average molecular weight is 390 g/mol. The number of sulfonamides is 1. The minimum absolute atomic E-state index is 0.00220. The SMILES string of the molecule is COc1ccc(C(=O)Cn2c(=O)oc3cc(S(=O)(=O)N(C)C)ccc32)cc1. The van der Waals surface area contributed by atoms with Gasteiger partial charge in [0.05, 0.1) is 24.1 Å². The molecular weight excluding hydrogens is 372 g/mol. The van der Waals surface area contributed by atoms with Gasteiger partial charge in [0.25, 0.3) is 0 Å². The van der Waals surface area contributed by atoms with Crippen molar-refractivity contribution in [3.8, 4) is 5.75 Å². The first-order valence-electron chi connectivity index (χ1n) is 7.97. The van der Waals surface area contributed by atoms with Crippen LogP contribution in [0.25, 0.3) is 11.1 Å². The van der Waals surface area contributed by atoms with E-state index in [1.807, 2.05) is 0 Å². The van der Waals surface area contributed by atoms with Crippen LogP contribution in [0.1, 0.15) is 10.4 Å². The van der Waals surface area contributed by atoms with Gasteiger partial charge in [-0.2, -0.15) is 0 Å². The highest BCUT2D eigenvalue weighted by atomic mass is 32.2. The summed E-state index contributed by atoms with van der Waals surface area (Å²) >= 11 is 0. The first-order chi connectivity index (χ1) is 12.7. The van der Waals surface area contributed by atoms with E-state index in [9.17, 15) is 18.0 Å². The summed E-state index contributed by atoms with van der Waals surface area (Å²) in [5.74, 6) is -0.397. The molecule has 0 aliphatic carbocycles. The lowest BCUT2D eigenvalue weighted by Gasteiger charge is -2.10. The highest BCUT2D eigenvalue weighted by molar-refractivity contribution is 7.89. The fourth-order valence-electron chi connectivity index (χ4n) is 2.58. The van der Waals surface area contributed by atoms with Crippen molar-refractivity contribution in [2.75, 3.05) is 21.2 Å². The Balaban J connectivity index is 1.96. The topological polar surface area (TPSA) is 98.8 Å². The normalized spacial score (nSPS) is 11.9. The van der Waals surface area contributed by atoms with E-state index in [1.54, 1.807) is 24.3 Å². The van der Waals surface area contributed by atoms with Crippen LogP contribution in [0, 0.1) is 0 Å². The number of methoxy groups -OCH3 is 1. The summed E-state index contributed by atoms with van der Waals surface area (Å²) in [6, 6.07) is 10.6. The van der Waals surface area contributed by atoms with Crippen molar-refractivity contribution in [1.82, 2.24) is 8.87 Å². The number of rotatable bonds is 6. The van der Waals surface area contributed by atoms with Gasteiger partial charge in [-0.05, 0) is 36.4 Å². The molecule has 0 aliphatic rings. The number of benzene rings is 2. The molecule has 8 nitrogen and oxygen atoms in total. The molecule has 0 aliphatic heterocycles. The standard InChI is InChI=1S/C18H18N2O6S/c1-19(2)27(23,24)14-8-9-15-17(10-14)26-18(22)20(15)11-16(21)12-4-6-13(25-3)7-5-12/h4-10H,11H2,1-3H3. The molecule has 9 heteroatoms.